The van der Waals surface area contributed by atoms with Crippen LogP contribution in [0.3, 0.4) is 0 Å². The molecule has 0 saturated heterocycles. The van der Waals surface area contributed by atoms with E-state index in [2.05, 4.69) is 20.5 Å². The Morgan fingerprint density at radius 3 is 2.73 bits per heavy atom. The second kappa shape index (κ2) is 7.49. The number of nitrogens with one attached hydrogen (secondary N) is 1. The molecule has 0 aliphatic carbocycles. The number of fused-ring (bicyclic) bond motifs is 1. The van der Waals surface area contributed by atoms with Crippen molar-refractivity contribution in [3.63, 3.8) is 0 Å². The molecule has 7 nitrogen and oxygen atoms in total. The Morgan fingerprint density at radius 2 is 1.97 bits per heavy atom. The van der Waals surface area contributed by atoms with Gasteiger partial charge in [0.15, 0.2) is 5.65 Å². The minimum absolute atomic E-state index is 0.221. The molecule has 0 aliphatic heterocycles. The number of halogens is 2. The van der Waals surface area contributed by atoms with Gasteiger partial charge in [-0.25, -0.2) is 18.3 Å². The second-order valence-electron chi connectivity index (χ2n) is 7.91. The van der Waals surface area contributed by atoms with Gasteiger partial charge in [-0.05, 0) is 45.0 Å². The molecular weight excluding hydrogens is 390 g/mol. The van der Waals surface area contributed by atoms with Gasteiger partial charge in [0.1, 0.15) is 17.5 Å². The molecule has 30 heavy (non-hydrogen) atoms. The highest BCUT2D eigenvalue weighted by atomic mass is 19.1. The van der Waals surface area contributed by atoms with Crippen molar-refractivity contribution in [2.45, 2.75) is 39.0 Å². The quantitative estimate of drug-likeness (QED) is 0.503. The molecule has 1 aromatic carbocycles. The molecule has 4 rings (SSSR count). The average Bonchev–Trinajstić information content (AvgIpc) is 3.28. The summed E-state index contributed by atoms with van der Waals surface area (Å²) in [6, 6.07) is 4.60. The average molecular weight is 412 g/mol. The highest BCUT2D eigenvalue weighted by molar-refractivity contribution is 5.76. The van der Waals surface area contributed by atoms with Gasteiger partial charge >= 0.3 is 0 Å². The van der Waals surface area contributed by atoms with Crippen molar-refractivity contribution < 1.29 is 13.9 Å². The highest BCUT2D eigenvalue weighted by Crippen LogP contribution is 2.26. The van der Waals surface area contributed by atoms with Crippen LogP contribution in [-0.4, -0.2) is 35.1 Å². The summed E-state index contributed by atoms with van der Waals surface area (Å²) in [7, 11) is 0. The van der Waals surface area contributed by atoms with Gasteiger partial charge in [0.2, 0.25) is 0 Å². The number of benzene rings is 1. The maximum absolute atomic E-state index is 14.1. The SMILES string of the molecule is C[C@@H](Nc1ccn2ncc(-c3cnn(CC(C)(C)O)c3)c2n1)c1cc(F)ccc1F. The largest absolute Gasteiger partial charge is 0.389 e. The van der Waals surface area contributed by atoms with Crippen molar-refractivity contribution in [2.75, 3.05) is 5.32 Å². The number of aliphatic hydroxyl groups is 1. The number of hydrogen-bond acceptors (Lipinski definition) is 5. The summed E-state index contributed by atoms with van der Waals surface area (Å²) in [5.74, 6) is -0.476. The van der Waals surface area contributed by atoms with Gasteiger partial charge < -0.3 is 10.4 Å². The van der Waals surface area contributed by atoms with E-state index in [1.165, 1.54) is 6.07 Å². The second-order valence-corrected chi connectivity index (χ2v) is 7.91. The van der Waals surface area contributed by atoms with Crippen LogP contribution in [0.4, 0.5) is 14.6 Å². The topological polar surface area (TPSA) is 80.3 Å². The summed E-state index contributed by atoms with van der Waals surface area (Å²) in [6.45, 7) is 5.52. The molecule has 0 bridgehead atoms. The lowest BCUT2D eigenvalue weighted by Crippen LogP contribution is -2.26. The monoisotopic (exact) mass is 412 g/mol. The van der Waals surface area contributed by atoms with E-state index in [-0.39, 0.29) is 5.56 Å². The van der Waals surface area contributed by atoms with Crippen molar-refractivity contribution in [1.29, 1.82) is 0 Å². The van der Waals surface area contributed by atoms with Crippen LogP contribution in [0.5, 0.6) is 0 Å². The van der Waals surface area contributed by atoms with Crippen molar-refractivity contribution in [3.8, 4) is 11.1 Å². The van der Waals surface area contributed by atoms with Gasteiger partial charge in [-0.15, -0.1) is 0 Å². The first-order chi connectivity index (χ1) is 14.2. The summed E-state index contributed by atoms with van der Waals surface area (Å²) >= 11 is 0. The molecule has 3 aromatic heterocycles. The Kier molecular flexibility index (Phi) is 4.98. The molecule has 2 N–H and O–H groups in total. The summed E-state index contributed by atoms with van der Waals surface area (Å²) in [5, 5.41) is 21.7. The lowest BCUT2D eigenvalue weighted by atomic mass is 10.1. The van der Waals surface area contributed by atoms with Crippen LogP contribution < -0.4 is 5.32 Å². The Hall–Kier alpha value is -3.33. The van der Waals surface area contributed by atoms with Gasteiger partial charge in [-0.2, -0.15) is 10.2 Å². The third kappa shape index (κ3) is 4.16. The van der Waals surface area contributed by atoms with Crippen molar-refractivity contribution in [1.82, 2.24) is 24.4 Å². The van der Waals surface area contributed by atoms with E-state index in [0.717, 1.165) is 23.3 Å². The maximum atomic E-state index is 14.1. The number of hydrogen-bond donors (Lipinski definition) is 2. The molecule has 0 amide bonds. The molecular formula is C21H22F2N6O. The predicted molar refractivity (Wildman–Crippen MR) is 109 cm³/mol. The first kappa shape index (κ1) is 20.0. The number of aromatic nitrogens is 5. The standard InChI is InChI=1S/C21H22F2N6O/c1-13(16-8-15(22)4-5-18(16)23)26-19-6-7-29-20(27-19)17(10-25-29)14-9-24-28(11-14)12-21(2,3)30/h4-11,13,30H,12H2,1-3H3,(H,26,27)/t13-/m1/s1. The Bertz CT molecular complexity index is 1190. The van der Waals surface area contributed by atoms with E-state index in [9.17, 15) is 13.9 Å². The van der Waals surface area contributed by atoms with Crippen LogP contribution in [0.15, 0.2) is 49.1 Å². The maximum Gasteiger partial charge on any atom is 0.165 e. The van der Waals surface area contributed by atoms with E-state index >= 15 is 0 Å². The van der Waals surface area contributed by atoms with Gasteiger partial charge in [0, 0.05) is 29.1 Å². The lowest BCUT2D eigenvalue weighted by molar-refractivity contribution is 0.0577. The zero-order valence-electron chi connectivity index (χ0n) is 16.8. The van der Waals surface area contributed by atoms with E-state index in [1.807, 2.05) is 6.20 Å². The lowest BCUT2D eigenvalue weighted by Gasteiger charge is -2.16. The van der Waals surface area contributed by atoms with E-state index in [0.29, 0.717) is 18.0 Å². The third-order valence-corrected chi connectivity index (χ3v) is 4.65. The van der Waals surface area contributed by atoms with E-state index in [1.54, 1.807) is 54.6 Å². The van der Waals surface area contributed by atoms with Gasteiger partial charge in [0.25, 0.3) is 0 Å². The molecule has 0 radical (unpaired) electrons. The number of anilines is 1. The van der Waals surface area contributed by atoms with Crippen LogP contribution in [-0.2, 0) is 6.54 Å². The molecule has 4 aromatic rings. The van der Waals surface area contributed by atoms with Crippen molar-refractivity contribution >= 4 is 11.5 Å². The summed E-state index contributed by atoms with van der Waals surface area (Å²) in [4.78, 5) is 4.60. The van der Waals surface area contributed by atoms with Crippen molar-refractivity contribution in [3.05, 3.63) is 66.3 Å². The fraction of sp³-hybridized carbons (Fsp3) is 0.286. The molecule has 1 atom stereocenters. The molecule has 0 unspecified atom stereocenters. The minimum atomic E-state index is -0.887. The fourth-order valence-corrected chi connectivity index (χ4v) is 3.28. The molecule has 0 aliphatic rings. The third-order valence-electron chi connectivity index (χ3n) is 4.65. The van der Waals surface area contributed by atoms with Gasteiger partial charge in [0.05, 0.1) is 30.6 Å². The molecule has 0 spiro atoms. The van der Waals surface area contributed by atoms with E-state index < -0.39 is 23.3 Å². The van der Waals surface area contributed by atoms with Crippen LogP contribution in [0.2, 0.25) is 0 Å². The highest BCUT2D eigenvalue weighted by Gasteiger charge is 2.17. The van der Waals surface area contributed by atoms with Crippen LogP contribution >= 0.6 is 0 Å². The summed E-state index contributed by atoms with van der Waals surface area (Å²) in [5.41, 5.74) is 1.50. The Morgan fingerprint density at radius 1 is 1.17 bits per heavy atom. The minimum Gasteiger partial charge on any atom is -0.389 e. The summed E-state index contributed by atoms with van der Waals surface area (Å²) in [6.07, 6.45) is 6.94. The Labute approximate surface area is 172 Å². The zero-order valence-corrected chi connectivity index (χ0v) is 16.8. The first-order valence-electron chi connectivity index (χ1n) is 9.51. The van der Waals surface area contributed by atoms with Gasteiger partial charge in [-0.3, -0.25) is 4.68 Å². The predicted octanol–water partition coefficient (Wildman–Crippen LogP) is 3.82. The first-order valence-corrected chi connectivity index (χ1v) is 9.51. The molecule has 9 heteroatoms. The zero-order chi connectivity index (χ0) is 21.5. The molecule has 156 valence electrons. The molecule has 3 heterocycles. The normalized spacial score (nSPS) is 13.0. The Balaban J connectivity index is 1.62. The van der Waals surface area contributed by atoms with Gasteiger partial charge in [-0.1, -0.05) is 0 Å². The smallest absolute Gasteiger partial charge is 0.165 e. The molecule has 0 fully saturated rings. The van der Waals surface area contributed by atoms with Crippen LogP contribution in [0, 0.1) is 11.6 Å². The number of nitrogens with zero attached hydrogens (tertiary/aromatic N) is 5. The molecule has 0 saturated carbocycles. The number of rotatable bonds is 6. The summed E-state index contributed by atoms with van der Waals surface area (Å²) < 4.78 is 30.9. The van der Waals surface area contributed by atoms with Crippen molar-refractivity contribution in [2.24, 2.45) is 0 Å². The van der Waals surface area contributed by atoms with Crippen LogP contribution in [0.1, 0.15) is 32.4 Å². The van der Waals surface area contributed by atoms with Crippen LogP contribution in [0.25, 0.3) is 16.8 Å². The fourth-order valence-electron chi connectivity index (χ4n) is 3.28. The van der Waals surface area contributed by atoms with E-state index in [4.69, 9.17) is 0 Å².